The topological polar surface area (TPSA) is 56.7 Å². The summed E-state index contributed by atoms with van der Waals surface area (Å²) in [5.41, 5.74) is 9.61. The summed E-state index contributed by atoms with van der Waals surface area (Å²) in [6.45, 7) is 0. The largest absolute Gasteiger partial charge is 0.325 e. The average molecular weight is 216 g/mol. The molecular weight excluding hydrogens is 200 g/mol. The van der Waals surface area contributed by atoms with Gasteiger partial charge in [0, 0.05) is 12.6 Å². The van der Waals surface area contributed by atoms with Gasteiger partial charge in [-0.05, 0) is 43.4 Å². The van der Waals surface area contributed by atoms with Crippen LogP contribution in [0.1, 0.15) is 24.8 Å². The Morgan fingerprint density at radius 3 is 3.00 bits per heavy atom. The van der Waals surface area contributed by atoms with E-state index in [1.807, 2.05) is 17.8 Å². The highest BCUT2D eigenvalue weighted by molar-refractivity contribution is 5.74. The van der Waals surface area contributed by atoms with Crippen molar-refractivity contribution in [2.45, 2.75) is 31.2 Å². The summed E-state index contributed by atoms with van der Waals surface area (Å²) < 4.78 is 1.81. The van der Waals surface area contributed by atoms with Gasteiger partial charge in [-0.25, -0.2) is 4.68 Å². The molecule has 0 aliphatic heterocycles. The molecule has 1 aromatic carbocycles. The minimum absolute atomic E-state index is 0.139. The first kappa shape index (κ1) is 9.78. The van der Waals surface area contributed by atoms with Gasteiger partial charge >= 0.3 is 0 Å². The molecule has 0 unspecified atom stereocenters. The van der Waals surface area contributed by atoms with Crippen molar-refractivity contribution in [2.75, 3.05) is 0 Å². The standard InChI is InChI=1S/C12H16N4/c1-16-11-8-9(2-3-10(11)14-15-16)4-5-12(13)6-7-12/h2-3,8H,4-7,13H2,1H3. The summed E-state index contributed by atoms with van der Waals surface area (Å²) in [6.07, 6.45) is 4.51. The molecule has 1 heterocycles. The van der Waals surface area contributed by atoms with Crippen LogP contribution in [0.2, 0.25) is 0 Å². The second-order valence-corrected chi connectivity index (χ2v) is 4.90. The van der Waals surface area contributed by atoms with E-state index in [9.17, 15) is 0 Å². The molecule has 1 aromatic heterocycles. The summed E-state index contributed by atoms with van der Waals surface area (Å²) in [6, 6.07) is 6.33. The average Bonchev–Trinajstić information content (AvgIpc) is 2.92. The van der Waals surface area contributed by atoms with Crippen molar-refractivity contribution in [3.63, 3.8) is 0 Å². The smallest absolute Gasteiger partial charge is 0.113 e. The monoisotopic (exact) mass is 216 g/mol. The first-order valence-corrected chi connectivity index (χ1v) is 5.74. The van der Waals surface area contributed by atoms with Crippen LogP contribution in [0.15, 0.2) is 18.2 Å². The van der Waals surface area contributed by atoms with E-state index in [0.717, 1.165) is 23.9 Å². The molecule has 4 nitrogen and oxygen atoms in total. The molecule has 1 fully saturated rings. The molecule has 2 N–H and O–H groups in total. The van der Waals surface area contributed by atoms with Crippen LogP contribution >= 0.6 is 0 Å². The number of hydrogen-bond donors (Lipinski definition) is 1. The Kier molecular flexibility index (Phi) is 2.01. The minimum atomic E-state index is 0.139. The number of rotatable bonds is 3. The van der Waals surface area contributed by atoms with Crippen LogP contribution in [0.25, 0.3) is 11.0 Å². The lowest BCUT2D eigenvalue weighted by Crippen LogP contribution is -2.22. The van der Waals surface area contributed by atoms with Crippen LogP contribution in [0.5, 0.6) is 0 Å². The molecule has 0 spiro atoms. The second kappa shape index (κ2) is 3.28. The molecule has 3 rings (SSSR count). The van der Waals surface area contributed by atoms with Crippen molar-refractivity contribution in [3.8, 4) is 0 Å². The van der Waals surface area contributed by atoms with Gasteiger partial charge in [0.25, 0.3) is 0 Å². The zero-order chi connectivity index (χ0) is 11.2. The van der Waals surface area contributed by atoms with E-state index in [0.29, 0.717) is 0 Å². The van der Waals surface area contributed by atoms with Gasteiger partial charge in [-0.1, -0.05) is 11.3 Å². The van der Waals surface area contributed by atoms with Crippen LogP contribution < -0.4 is 5.73 Å². The van der Waals surface area contributed by atoms with Crippen molar-refractivity contribution < 1.29 is 0 Å². The van der Waals surface area contributed by atoms with Gasteiger partial charge in [0.15, 0.2) is 0 Å². The Hall–Kier alpha value is -1.42. The number of hydrogen-bond acceptors (Lipinski definition) is 3. The number of nitrogens with two attached hydrogens (primary N) is 1. The Morgan fingerprint density at radius 2 is 2.25 bits per heavy atom. The molecule has 0 radical (unpaired) electrons. The molecule has 1 aliphatic carbocycles. The van der Waals surface area contributed by atoms with Crippen molar-refractivity contribution in [3.05, 3.63) is 23.8 Å². The van der Waals surface area contributed by atoms with Crippen LogP contribution in [-0.4, -0.2) is 20.5 Å². The van der Waals surface area contributed by atoms with Gasteiger partial charge in [-0.2, -0.15) is 0 Å². The number of benzene rings is 1. The third-order valence-corrected chi connectivity index (χ3v) is 3.48. The zero-order valence-corrected chi connectivity index (χ0v) is 9.48. The highest BCUT2D eigenvalue weighted by atomic mass is 15.4. The maximum Gasteiger partial charge on any atom is 0.113 e. The van der Waals surface area contributed by atoms with Gasteiger partial charge in [0.05, 0.1) is 5.52 Å². The van der Waals surface area contributed by atoms with E-state index < -0.39 is 0 Å². The first-order chi connectivity index (χ1) is 7.66. The third-order valence-electron chi connectivity index (χ3n) is 3.48. The molecule has 0 amide bonds. The number of fused-ring (bicyclic) bond motifs is 1. The molecule has 84 valence electrons. The fraction of sp³-hybridized carbons (Fsp3) is 0.500. The number of aryl methyl sites for hydroxylation is 2. The van der Waals surface area contributed by atoms with Gasteiger partial charge in [-0.3, -0.25) is 0 Å². The molecule has 16 heavy (non-hydrogen) atoms. The predicted octanol–water partition coefficient (Wildman–Crippen LogP) is 1.39. The Labute approximate surface area is 94.4 Å². The Morgan fingerprint density at radius 1 is 1.44 bits per heavy atom. The van der Waals surface area contributed by atoms with E-state index in [2.05, 4.69) is 22.4 Å². The summed E-state index contributed by atoms with van der Waals surface area (Å²) in [7, 11) is 1.92. The fourth-order valence-electron chi connectivity index (χ4n) is 2.04. The fourth-order valence-corrected chi connectivity index (χ4v) is 2.04. The van der Waals surface area contributed by atoms with Gasteiger partial charge in [-0.15, -0.1) is 5.10 Å². The lowest BCUT2D eigenvalue weighted by atomic mass is 10.0. The molecule has 1 saturated carbocycles. The normalized spacial score (nSPS) is 17.9. The van der Waals surface area contributed by atoms with E-state index in [4.69, 9.17) is 5.73 Å². The summed E-state index contributed by atoms with van der Waals surface area (Å²) in [5.74, 6) is 0. The van der Waals surface area contributed by atoms with Crippen LogP contribution in [0.3, 0.4) is 0 Å². The van der Waals surface area contributed by atoms with E-state index in [1.165, 1.54) is 18.4 Å². The molecule has 2 aromatic rings. The Bertz CT molecular complexity index is 525. The molecule has 4 heteroatoms. The van der Waals surface area contributed by atoms with E-state index in [-0.39, 0.29) is 5.54 Å². The van der Waals surface area contributed by atoms with Crippen molar-refractivity contribution in [1.29, 1.82) is 0 Å². The van der Waals surface area contributed by atoms with Crippen molar-refractivity contribution in [2.24, 2.45) is 12.8 Å². The van der Waals surface area contributed by atoms with Crippen LogP contribution in [-0.2, 0) is 13.5 Å². The Balaban J connectivity index is 1.83. The number of aromatic nitrogens is 3. The van der Waals surface area contributed by atoms with E-state index >= 15 is 0 Å². The summed E-state index contributed by atoms with van der Waals surface area (Å²) in [5, 5.41) is 8.07. The lowest BCUT2D eigenvalue weighted by Gasteiger charge is -2.07. The number of nitrogens with zero attached hydrogens (tertiary/aromatic N) is 3. The quantitative estimate of drug-likeness (QED) is 0.843. The van der Waals surface area contributed by atoms with Crippen LogP contribution in [0.4, 0.5) is 0 Å². The second-order valence-electron chi connectivity index (χ2n) is 4.90. The first-order valence-electron chi connectivity index (χ1n) is 5.74. The molecule has 1 aliphatic rings. The van der Waals surface area contributed by atoms with Gasteiger partial charge < -0.3 is 5.73 Å². The molecule has 0 atom stereocenters. The summed E-state index contributed by atoms with van der Waals surface area (Å²) in [4.78, 5) is 0. The third kappa shape index (κ3) is 1.69. The maximum absolute atomic E-state index is 6.09. The SMILES string of the molecule is Cn1nnc2ccc(CCC3(N)CC3)cc21. The predicted molar refractivity (Wildman–Crippen MR) is 63.0 cm³/mol. The van der Waals surface area contributed by atoms with Crippen LogP contribution in [0, 0.1) is 0 Å². The highest BCUT2D eigenvalue weighted by Gasteiger charge is 2.37. The molecular formula is C12H16N4. The molecule has 0 bridgehead atoms. The van der Waals surface area contributed by atoms with Gasteiger partial charge in [0.1, 0.15) is 5.52 Å². The van der Waals surface area contributed by atoms with Crippen molar-refractivity contribution in [1.82, 2.24) is 15.0 Å². The zero-order valence-electron chi connectivity index (χ0n) is 9.48. The molecule has 0 saturated heterocycles. The van der Waals surface area contributed by atoms with Crippen molar-refractivity contribution >= 4 is 11.0 Å². The van der Waals surface area contributed by atoms with Gasteiger partial charge in [0.2, 0.25) is 0 Å². The minimum Gasteiger partial charge on any atom is -0.325 e. The highest BCUT2D eigenvalue weighted by Crippen LogP contribution is 2.36. The lowest BCUT2D eigenvalue weighted by molar-refractivity contribution is 0.609. The summed E-state index contributed by atoms with van der Waals surface area (Å²) >= 11 is 0. The van der Waals surface area contributed by atoms with E-state index in [1.54, 1.807) is 0 Å². The maximum atomic E-state index is 6.09.